The molecule has 1 saturated heterocycles. The molecule has 130 valence electrons. The van der Waals surface area contributed by atoms with Crippen LogP contribution in [0, 0.1) is 5.92 Å². The first-order valence-corrected chi connectivity index (χ1v) is 9.53. The Labute approximate surface area is 144 Å². The van der Waals surface area contributed by atoms with E-state index in [0.29, 0.717) is 18.5 Å². The average Bonchev–Trinajstić information content (AvgIpc) is 2.62. The summed E-state index contributed by atoms with van der Waals surface area (Å²) in [6, 6.07) is 9.49. The van der Waals surface area contributed by atoms with Crippen molar-refractivity contribution in [3.05, 3.63) is 29.8 Å². The number of para-hydroxylation sites is 1. The van der Waals surface area contributed by atoms with Gasteiger partial charge < -0.3 is 15.0 Å². The van der Waals surface area contributed by atoms with Crippen LogP contribution in [0.1, 0.15) is 44.1 Å². The Balaban J connectivity index is 1.49. The van der Waals surface area contributed by atoms with Crippen LogP contribution in [0.4, 0.5) is 5.69 Å². The molecule has 0 spiro atoms. The van der Waals surface area contributed by atoms with E-state index >= 15 is 0 Å². The molecule has 1 aromatic carbocycles. The van der Waals surface area contributed by atoms with Crippen molar-refractivity contribution in [1.29, 1.82) is 0 Å². The third-order valence-electron chi connectivity index (χ3n) is 5.95. The lowest BCUT2D eigenvalue weighted by Gasteiger charge is -2.46. The number of carbonyl (C=O) groups is 1. The zero-order chi connectivity index (χ0) is 16.4. The molecule has 0 radical (unpaired) electrons. The van der Waals surface area contributed by atoms with Gasteiger partial charge >= 0.3 is 0 Å². The summed E-state index contributed by atoms with van der Waals surface area (Å²) in [6.45, 7) is 2.03. The van der Waals surface area contributed by atoms with E-state index in [1.807, 2.05) is 0 Å². The quantitative estimate of drug-likeness (QED) is 0.927. The number of hydrogen-bond donors (Lipinski definition) is 1. The van der Waals surface area contributed by atoms with E-state index in [9.17, 15) is 4.79 Å². The standard InChI is InChI=1S/C20H28N2O2/c23-20(21-17-9-11-24-12-10-17)14-22-18-7-3-1-5-15(18)13-16-6-2-4-8-19(16)22/h1,3,5,7,16-17,19H,2,4,6,8-14H2,(H,21,23). The summed E-state index contributed by atoms with van der Waals surface area (Å²) in [7, 11) is 0. The number of nitrogens with one attached hydrogen (secondary N) is 1. The van der Waals surface area contributed by atoms with Gasteiger partial charge in [0, 0.05) is 31.0 Å². The van der Waals surface area contributed by atoms with Crippen LogP contribution in [-0.2, 0) is 16.0 Å². The first kappa shape index (κ1) is 15.9. The SMILES string of the molecule is O=C(CN1c2ccccc2CC2CCCCC21)NC1CCOCC1. The fourth-order valence-electron chi connectivity index (χ4n) is 4.73. The van der Waals surface area contributed by atoms with E-state index in [-0.39, 0.29) is 11.9 Å². The molecule has 0 bridgehead atoms. The highest BCUT2D eigenvalue weighted by molar-refractivity contribution is 5.82. The predicted octanol–water partition coefficient (Wildman–Crippen LogP) is 2.90. The number of amides is 1. The molecule has 4 rings (SSSR count). The smallest absolute Gasteiger partial charge is 0.239 e. The summed E-state index contributed by atoms with van der Waals surface area (Å²) in [5, 5.41) is 3.23. The lowest BCUT2D eigenvalue weighted by molar-refractivity contribution is -0.121. The van der Waals surface area contributed by atoms with Crippen molar-refractivity contribution in [3.63, 3.8) is 0 Å². The van der Waals surface area contributed by atoms with Gasteiger partial charge in [0.2, 0.25) is 5.91 Å². The Morgan fingerprint density at radius 3 is 2.79 bits per heavy atom. The van der Waals surface area contributed by atoms with Crippen molar-refractivity contribution in [2.45, 2.75) is 57.0 Å². The van der Waals surface area contributed by atoms with E-state index in [1.165, 1.54) is 43.4 Å². The van der Waals surface area contributed by atoms with Crippen LogP contribution in [0.2, 0.25) is 0 Å². The zero-order valence-corrected chi connectivity index (χ0v) is 14.4. The fraction of sp³-hybridized carbons (Fsp3) is 0.650. The van der Waals surface area contributed by atoms with Crippen molar-refractivity contribution in [2.75, 3.05) is 24.7 Å². The molecular formula is C20H28N2O2. The summed E-state index contributed by atoms with van der Waals surface area (Å²) in [5.41, 5.74) is 2.70. The number of ether oxygens (including phenoxy) is 1. The lowest BCUT2D eigenvalue weighted by atomic mass is 9.76. The van der Waals surface area contributed by atoms with Crippen LogP contribution in [0.25, 0.3) is 0 Å². The van der Waals surface area contributed by atoms with Crippen molar-refractivity contribution in [3.8, 4) is 0 Å². The van der Waals surface area contributed by atoms with Crippen molar-refractivity contribution < 1.29 is 9.53 Å². The highest BCUT2D eigenvalue weighted by Crippen LogP contribution is 2.40. The Morgan fingerprint density at radius 2 is 1.92 bits per heavy atom. The van der Waals surface area contributed by atoms with E-state index in [1.54, 1.807) is 0 Å². The molecule has 0 aromatic heterocycles. The minimum atomic E-state index is 0.169. The maximum absolute atomic E-state index is 12.7. The summed E-state index contributed by atoms with van der Waals surface area (Å²) < 4.78 is 5.39. The molecule has 2 unspecified atom stereocenters. The highest BCUT2D eigenvalue weighted by Gasteiger charge is 2.36. The van der Waals surface area contributed by atoms with Gasteiger partial charge in [-0.15, -0.1) is 0 Å². The Morgan fingerprint density at radius 1 is 1.12 bits per heavy atom. The van der Waals surface area contributed by atoms with Crippen LogP contribution in [0.3, 0.4) is 0 Å². The molecule has 2 heterocycles. The third kappa shape index (κ3) is 3.30. The molecule has 3 aliphatic rings. The molecular weight excluding hydrogens is 300 g/mol. The average molecular weight is 328 g/mol. The molecule has 1 N–H and O–H groups in total. The monoisotopic (exact) mass is 328 g/mol. The molecule has 1 saturated carbocycles. The molecule has 2 atom stereocenters. The highest BCUT2D eigenvalue weighted by atomic mass is 16.5. The van der Waals surface area contributed by atoms with Gasteiger partial charge in [0.1, 0.15) is 0 Å². The summed E-state index contributed by atoms with van der Waals surface area (Å²) in [5.74, 6) is 0.882. The van der Waals surface area contributed by atoms with E-state index in [0.717, 1.165) is 26.1 Å². The molecule has 2 fully saturated rings. The van der Waals surface area contributed by atoms with Gasteiger partial charge in [-0.25, -0.2) is 0 Å². The molecule has 4 heteroatoms. The number of benzene rings is 1. The maximum atomic E-state index is 12.7. The van der Waals surface area contributed by atoms with Gasteiger partial charge in [-0.05, 0) is 49.7 Å². The molecule has 1 aliphatic carbocycles. The van der Waals surface area contributed by atoms with Crippen LogP contribution in [0.15, 0.2) is 24.3 Å². The first-order chi connectivity index (χ1) is 11.8. The van der Waals surface area contributed by atoms with E-state index in [2.05, 4.69) is 34.5 Å². The van der Waals surface area contributed by atoms with Gasteiger partial charge in [-0.1, -0.05) is 31.0 Å². The Hall–Kier alpha value is -1.55. The molecule has 1 amide bonds. The number of anilines is 1. The van der Waals surface area contributed by atoms with Crippen LogP contribution in [0.5, 0.6) is 0 Å². The van der Waals surface area contributed by atoms with Crippen LogP contribution < -0.4 is 10.2 Å². The largest absolute Gasteiger partial charge is 0.381 e. The molecule has 1 aromatic rings. The third-order valence-corrected chi connectivity index (χ3v) is 5.95. The lowest BCUT2D eigenvalue weighted by Crippen LogP contribution is -2.52. The van der Waals surface area contributed by atoms with Crippen molar-refractivity contribution in [2.24, 2.45) is 5.92 Å². The van der Waals surface area contributed by atoms with Gasteiger partial charge in [0.05, 0.1) is 6.54 Å². The first-order valence-electron chi connectivity index (χ1n) is 9.53. The normalized spacial score (nSPS) is 27.2. The van der Waals surface area contributed by atoms with E-state index < -0.39 is 0 Å². The Bertz CT molecular complexity index is 583. The minimum absolute atomic E-state index is 0.169. The second-order valence-electron chi connectivity index (χ2n) is 7.53. The second-order valence-corrected chi connectivity index (χ2v) is 7.53. The van der Waals surface area contributed by atoms with Gasteiger partial charge in [-0.2, -0.15) is 0 Å². The van der Waals surface area contributed by atoms with Gasteiger partial charge in [0.15, 0.2) is 0 Å². The van der Waals surface area contributed by atoms with Crippen molar-refractivity contribution in [1.82, 2.24) is 5.32 Å². The Kier molecular flexibility index (Phi) is 4.74. The number of carbonyl (C=O) groups excluding carboxylic acids is 1. The van der Waals surface area contributed by atoms with Crippen molar-refractivity contribution >= 4 is 11.6 Å². The fourth-order valence-corrected chi connectivity index (χ4v) is 4.73. The van der Waals surface area contributed by atoms with Crippen LogP contribution in [-0.4, -0.2) is 37.7 Å². The summed E-state index contributed by atoms with van der Waals surface area (Å²) >= 11 is 0. The topological polar surface area (TPSA) is 41.6 Å². The number of hydrogen-bond acceptors (Lipinski definition) is 3. The predicted molar refractivity (Wildman–Crippen MR) is 95.2 cm³/mol. The molecule has 4 nitrogen and oxygen atoms in total. The van der Waals surface area contributed by atoms with Gasteiger partial charge in [0.25, 0.3) is 0 Å². The number of nitrogens with zero attached hydrogens (tertiary/aromatic N) is 1. The number of rotatable bonds is 3. The minimum Gasteiger partial charge on any atom is -0.381 e. The van der Waals surface area contributed by atoms with Crippen LogP contribution >= 0.6 is 0 Å². The van der Waals surface area contributed by atoms with E-state index in [4.69, 9.17) is 4.74 Å². The molecule has 24 heavy (non-hydrogen) atoms. The zero-order valence-electron chi connectivity index (χ0n) is 14.4. The maximum Gasteiger partial charge on any atom is 0.239 e. The second kappa shape index (κ2) is 7.14. The number of fused-ring (bicyclic) bond motifs is 2. The van der Waals surface area contributed by atoms with Gasteiger partial charge in [-0.3, -0.25) is 4.79 Å². The summed E-state index contributed by atoms with van der Waals surface area (Å²) in [6.07, 6.45) is 8.22. The molecule has 2 aliphatic heterocycles. The summed E-state index contributed by atoms with van der Waals surface area (Å²) in [4.78, 5) is 15.1.